The number of rotatable bonds is 4. The predicted molar refractivity (Wildman–Crippen MR) is 156 cm³/mol. The quantitative estimate of drug-likeness (QED) is 0.463. The van der Waals surface area contributed by atoms with Gasteiger partial charge in [-0.05, 0) is 60.6 Å². The predicted octanol–water partition coefficient (Wildman–Crippen LogP) is 6.38. The van der Waals surface area contributed by atoms with Gasteiger partial charge in [-0.1, -0.05) is 54.7 Å². The van der Waals surface area contributed by atoms with Crippen LogP contribution in [0, 0.1) is 30.6 Å². The number of nitriles is 1. The number of halogens is 2. The van der Waals surface area contributed by atoms with Gasteiger partial charge in [-0.2, -0.15) is 5.26 Å². The van der Waals surface area contributed by atoms with Crippen molar-refractivity contribution in [1.29, 1.82) is 5.26 Å². The molecule has 39 heavy (non-hydrogen) atoms. The molecule has 0 radical (unpaired) electrons. The summed E-state index contributed by atoms with van der Waals surface area (Å²) >= 11 is 12.9. The molecule has 1 atom stereocenters. The van der Waals surface area contributed by atoms with Crippen molar-refractivity contribution in [2.24, 2.45) is 11.1 Å². The van der Waals surface area contributed by atoms with E-state index in [9.17, 15) is 10.1 Å². The zero-order valence-electron chi connectivity index (χ0n) is 22.9. The number of nitrogens with zero attached hydrogens (tertiary/aromatic N) is 3. The third kappa shape index (κ3) is 5.21. The van der Waals surface area contributed by atoms with Crippen LogP contribution in [0.15, 0.2) is 53.0 Å². The fourth-order valence-electron chi connectivity index (χ4n) is 6.19. The zero-order valence-corrected chi connectivity index (χ0v) is 24.4. The van der Waals surface area contributed by atoms with E-state index >= 15 is 0 Å². The first-order valence-electron chi connectivity index (χ1n) is 13.3. The molecule has 0 aromatic heterocycles. The van der Waals surface area contributed by atoms with Crippen molar-refractivity contribution in [2.45, 2.75) is 53.0 Å². The number of hydrogen-bond donors (Lipinski definition) is 1. The number of morpholine rings is 1. The van der Waals surface area contributed by atoms with E-state index < -0.39 is 5.92 Å². The SMILES string of the molecule is Cc1cc(CN2CCOCC2)c(C)c(C2C(C#N)=C(N)N(c3ccc(Cl)cc3Cl)C3=C2C(=O)CC(C)(C)C3)c1. The molecule has 0 amide bonds. The molecule has 2 N–H and O–H groups in total. The minimum atomic E-state index is -0.542. The van der Waals surface area contributed by atoms with Gasteiger partial charge in [0.15, 0.2) is 5.78 Å². The summed E-state index contributed by atoms with van der Waals surface area (Å²) in [4.78, 5) is 18.2. The van der Waals surface area contributed by atoms with E-state index in [4.69, 9.17) is 33.7 Å². The van der Waals surface area contributed by atoms with Crippen molar-refractivity contribution in [3.8, 4) is 6.07 Å². The summed E-state index contributed by atoms with van der Waals surface area (Å²) in [5.74, 6) is -0.205. The molecule has 0 bridgehead atoms. The van der Waals surface area contributed by atoms with Crippen molar-refractivity contribution in [3.63, 3.8) is 0 Å². The lowest BCUT2D eigenvalue weighted by molar-refractivity contribution is -0.118. The van der Waals surface area contributed by atoms with E-state index in [0.717, 1.165) is 55.2 Å². The maximum atomic E-state index is 14.0. The molecule has 0 saturated carbocycles. The van der Waals surface area contributed by atoms with Crippen LogP contribution in [0.2, 0.25) is 10.0 Å². The average Bonchev–Trinajstić information content (AvgIpc) is 2.86. The Bertz CT molecular complexity index is 1450. The van der Waals surface area contributed by atoms with Crippen molar-refractivity contribution >= 4 is 34.7 Å². The van der Waals surface area contributed by atoms with Gasteiger partial charge in [0.05, 0.1) is 41.5 Å². The molecule has 1 unspecified atom stereocenters. The number of Topliss-reactive ketones (excluding diaryl/α,β-unsaturated/α-hetero) is 1. The molecule has 1 fully saturated rings. The Kier molecular flexibility index (Phi) is 7.56. The lowest BCUT2D eigenvalue weighted by Gasteiger charge is -2.44. The summed E-state index contributed by atoms with van der Waals surface area (Å²) in [5.41, 5.74) is 13.3. The molecule has 204 valence electrons. The van der Waals surface area contributed by atoms with Crippen LogP contribution in [0.1, 0.15) is 54.9 Å². The van der Waals surface area contributed by atoms with Crippen LogP contribution in [0.25, 0.3) is 0 Å². The van der Waals surface area contributed by atoms with E-state index in [1.807, 2.05) is 4.90 Å². The van der Waals surface area contributed by atoms with Crippen LogP contribution in [-0.4, -0.2) is 37.0 Å². The van der Waals surface area contributed by atoms with Gasteiger partial charge >= 0.3 is 0 Å². The van der Waals surface area contributed by atoms with E-state index in [1.165, 1.54) is 5.56 Å². The van der Waals surface area contributed by atoms with Crippen molar-refractivity contribution in [2.75, 3.05) is 31.2 Å². The van der Waals surface area contributed by atoms with Gasteiger partial charge in [0.2, 0.25) is 0 Å². The topological polar surface area (TPSA) is 82.6 Å². The minimum absolute atomic E-state index is 0.0391. The highest BCUT2D eigenvalue weighted by Crippen LogP contribution is 2.51. The maximum Gasteiger partial charge on any atom is 0.162 e. The van der Waals surface area contributed by atoms with Crippen LogP contribution in [0.5, 0.6) is 0 Å². The van der Waals surface area contributed by atoms with Crippen LogP contribution in [-0.2, 0) is 16.1 Å². The molecule has 2 heterocycles. The lowest BCUT2D eigenvalue weighted by atomic mass is 9.68. The van der Waals surface area contributed by atoms with Crippen LogP contribution >= 0.6 is 23.2 Å². The molecular weight excluding hydrogens is 531 g/mol. The molecule has 3 aliphatic rings. The Labute approximate surface area is 240 Å². The minimum Gasteiger partial charge on any atom is -0.384 e. The normalized spacial score (nSPS) is 21.7. The zero-order chi connectivity index (χ0) is 28.1. The molecule has 2 aromatic carbocycles. The highest BCUT2D eigenvalue weighted by Gasteiger charge is 2.45. The lowest BCUT2D eigenvalue weighted by Crippen LogP contribution is -2.42. The smallest absolute Gasteiger partial charge is 0.162 e. The number of carbonyl (C=O) groups is 1. The first-order chi connectivity index (χ1) is 18.5. The Morgan fingerprint density at radius 2 is 1.85 bits per heavy atom. The average molecular weight is 566 g/mol. The summed E-state index contributed by atoms with van der Waals surface area (Å²) in [5, 5.41) is 11.4. The van der Waals surface area contributed by atoms with E-state index in [0.29, 0.717) is 45.5 Å². The largest absolute Gasteiger partial charge is 0.384 e. The molecule has 5 rings (SSSR count). The van der Waals surface area contributed by atoms with Gasteiger partial charge in [0, 0.05) is 42.3 Å². The highest BCUT2D eigenvalue weighted by atomic mass is 35.5. The number of aryl methyl sites for hydroxylation is 1. The number of ether oxygens (including phenoxy) is 1. The molecule has 1 saturated heterocycles. The van der Waals surface area contributed by atoms with Gasteiger partial charge < -0.3 is 10.5 Å². The second-order valence-electron chi connectivity index (χ2n) is 11.6. The van der Waals surface area contributed by atoms with Gasteiger partial charge in [-0.3, -0.25) is 14.6 Å². The van der Waals surface area contributed by atoms with Gasteiger partial charge in [-0.15, -0.1) is 0 Å². The van der Waals surface area contributed by atoms with Crippen molar-refractivity contribution in [3.05, 3.63) is 85.3 Å². The number of nitrogens with two attached hydrogens (primary N) is 1. The number of benzene rings is 2. The molecule has 2 aromatic rings. The number of carbonyl (C=O) groups excluding carboxylic acids is 1. The Balaban J connectivity index is 1.72. The van der Waals surface area contributed by atoms with Gasteiger partial charge in [0.25, 0.3) is 0 Å². The summed E-state index contributed by atoms with van der Waals surface area (Å²) in [6.45, 7) is 12.3. The maximum absolute atomic E-state index is 14.0. The Hall–Kier alpha value is -2.82. The molecular formula is C31H34Cl2N4O2. The van der Waals surface area contributed by atoms with E-state index in [1.54, 1.807) is 18.2 Å². The summed E-state index contributed by atoms with van der Waals surface area (Å²) in [6, 6.07) is 11.9. The molecule has 6 nitrogen and oxygen atoms in total. The highest BCUT2D eigenvalue weighted by molar-refractivity contribution is 6.36. The summed E-state index contributed by atoms with van der Waals surface area (Å²) < 4.78 is 5.54. The van der Waals surface area contributed by atoms with Gasteiger partial charge in [-0.25, -0.2) is 0 Å². The standard InChI is InChI=1S/C31H34Cl2N4O2/c1-18-11-20(17-36-7-9-39-10-8-36)19(2)22(12-18)28-23(16-34)30(35)37(25-6-5-21(32)13-24(25)33)26-14-31(3,4)15-27(38)29(26)28/h5-6,11-13,28H,7-10,14-15,17,35H2,1-4H3. The summed E-state index contributed by atoms with van der Waals surface area (Å²) in [6.07, 6.45) is 1.02. The van der Waals surface area contributed by atoms with Crippen LogP contribution < -0.4 is 10.6 Å². The van der Waals surface area contributed by atoms with Crippen molar-refractivity contribution < 1.29 is 9.53 Å². The second-order valence-corrected chi connectivity index (χ2v) is 12.4. The van der Waals surface area contributed by atoms with Crippen molar-refractivity contribution in [1.82, 2.24) is 4.90 Å². The van der Waals surface area contributed by atoms with Crippen LogP contribution in [0.3, 0.4) is 0 Å². The number of anilines is 1. The third-order valence-corrected chi connectivity index (χ3v) is 8.58. The number of hydrogen-bond acceptors (Lipinski definition) is 6. The molecule has 8 heteroatoms. The van der Waals surface area contributed by atoms with E-state index in [2.05, 4.69) is 50.8 Å². The molecule has 0 spiro atoms. The fourth-order valence-corrected chi connectivity index (χ4v) is 6.68. The van der Waals surface area contributed by atoms with Gasteiger partial charge in [0.1, 0.15) is 5.82 Å². The van der Waals surface area contributed by atoms with Crippen LogP contribution in [0.4, 0.5) is 5.69 Å². The number of ketones is 1. The first kappa shape index (κ1) is 27.7. The first-order valence-corrected chi connectivity index (χ1v) is 14.1. The fraction of sp³-hybridized carbons (Fsp3) is 0.419. The Morgan fingerprint density at radius 3 is 2.51 bits per heavy atom. The monoisotopic (exact) mass is 564 g/mol. The second kappa shape index (κ2) is 10.6. The third-order valence-electron chi connectivity index (χ3n) is 8.04. The van der Waals surface area contributed by atoms with E-state index in [-0.39, 0.29) is 11.2 Å². The molecule has 1 aliphatic carbocycles. The molecule has 2 aliphatic heterocycles. The number of allylic oxidation sites excluding steroid dienone is 3. The Morgan fingerprint density at radius 1 is 1.13 bits per heavy atom. The summed E-state index contributed by atoms with van der Waals surface area (Å²) in [7, 11) is 0.